The van der Waals surface area contributed by atoms with Crippen LogP contribution in [0.3, 0.4) is 0 Å². The number of nitrogens with zero attached hydrogens (tertiary/aromatic N) is 6. The van der Waals surface area contributed by atoms with Gasteiger partial charge in [-0.1, -0.05) is 27.7 Å². The molecular formula is C27H38N8O2. The number of carbonyl (C=O) groups excluding carboxylic acids is 1. The number of piperazine rings is 1. The average Bonchev–Trinajstić information content (AvgIpc) is 3.29. The Morgan fingerprint density at radius 2 is 1.65 bits per heavy atom. The third-order valence-corrected chi connectivity index (χ3v) is 5.75. The summed E-state index contributed by atoms with van der Waals surface area (Å²) in [6.45, 7) is 13.9. The highest BCUT2D eigenvalue weighted by Crippen LogP contribution is 2.30. The summed E-state index contributed by atoms with van der Waals surface area (Å²) in [6, 6.07) is 4.26. The molecule has 4 heterocycles. The van der Waals surface area contributed by atoms with Gasteiger partial charge in [-0.15, -0.1) is 0 Å². The molecule has 10 nitrogen and oxygen atoms in total. The van der Waals surface area contributed by atoms with Crippen molar-refractivity contribution in [1.29, 1.82) is 0 Å². The minimum absolute atomic E-state index is 0.313. The van der Waals surface area contributed by atoms with Crippen LogP contribution in [0.2, 0.25) is 0 Å². The molecule has 1 fully saturated rings. The molecule has 10 heteroatoms. The maximum Gasteiger partial charge on any atom is 0.259 e. The predicted molar refractivity (Wildman–Crippen MR) is 150 cm³/mol. The Morgan fingerprint density at radius 1 is 1.00 bits per heavy atom. The summed E-state index contributed by atoms with van der Waals surface area (Å²) < 4.78 is 7.18. The maximum atomic E-state index is 13.3. The largest absolute Gasteiger partial charge is 0.494 e. The smallest absolute Gasteiger partial charge is 0.259 e. The molecule has 0 radical (unpaired) electrons. The van der Waals surface area contributed by atoms with Gasteiger partial charge in [0.1, 0.15) is 22.3 Å². The van der Waals surface area contributed by atoms with Crippen molar-refractivity contribution >= 4 is 39.3 Å². The highest BCUT2D eigenvalue weighted by atomic mass is 16.5. The Kier molecular flexibility index (Phi) is 9.35. The Balaban J connectivity index is 0.000000907. The Hall–Kier alpha value is -3.79. The first kappa shape index (κ1) is 27.8. The second-order valence-corrected chi connectivity index (χ2v) is 8.50. The van der Waals surface area contributed by atoms with E-state index in [0.717, 1.165) is 29.8 Å². The highest BCUT2D eigenvalue weighted by molar-refractivity contribution is 6.13. The molecule has 0 bridgehead atoms. The van der Waals surface area contributed by atoms with Gasteiger partial charge < -0.3 is 20.3 Å². The number of benzene rings is 1. The number of hydrogen-bond donors (Lipinski definition) is 2. The van der Waals surface area contributed by atoms with Crippen LogP contribution in [0, 0.1) is 0 Å². The van der Waals surface area contributed by atoms with Crippen LogP contribution in [-0.2, 0) is 7.05 Å². The molecule has 198 valence electrons. The fourth-order valence-corrected chi connectivity index (χ4v) is 4.49. The van der Waals surface area contributed by atoms with Crippen LogP contribution in [0.1, 0.15) is 51.9 Å². The minimum atomic E-state index is -0.313. The number of pyridine rings is 1. The van der Waals surface area contributed by atoms with E-state index < -0.39 is 0 Å². The molecule has 2 unspecified atom stereocenters. The molecule has 1 aromatic carbocycles. The van der Waals surface area contributed by atoms with Gasteiger partial charge in [0.05, 0.1) is 12.7 Å². The van der Waals surface area contributed by atoms with E-state index in [1.807, 2.05) is 47.0 Å². The van der Waals surface area contributed by atoms with Gasteiger partial charge in [0, 0.05) is 74.1 Å². The van der Waals surface area contributed by atoms with Crippen LogP contribution in [0.25, 0.3) is 21.9 Å². The number of rotatable bonds is 4. The van der Waals surface area contributed by atoms with E-state index in [1.165, 1.54) is 0 Å². The van der Waals surface area contributed by atoms with E-state index in [9.17, 15) is 4.79 Å². The number of methoxy groups -OCH3 is 1. The minimum Gasteiger partial charge on any atom is -0.494 e. The molecule has 1 saturated heterocycles. The van der Waals surface area contributed by atoms with Crippen molar-refractivity contribution in [2.75, 3.05) is 30.4 Å². The lowest BCUT2D eigenvalue weighted by atomic mass is 10.1. The second kappa shape index (κ2) is 12.4. The van der Waals surface area contributed by atoms with Crippen LogP contribution in [0.5, 0.6) is 5.75 Å². The first-order valence-electron chi connectivity index (χ1n) is 12.9. The number of amides is 1. The van der Waals surface area contributed by atoms with Crippen LogP contribution >= 0.6 is 0 Å². The maximum absolute atomic E-state index is 13.3. The lowest BCUT2D eigenvalue weighted by molar-refractivity contribution is 0.102. The lowest BCUT2D eigenvalue weighted by Crippen LogP contribution is -2.54. The third-order valence-electron chi connectivity index (χ3n) is 5.75. The molecule has 0 aliphatic carbocycles. The third kappa shape index (κ3) is 5.96. The summed E-state index contributed by atoms with van der Waals surface area (Å²) in [5.74, 6) is 1.02. The number of ether oxygens (including phenoxy) is 1. The Labute approximate surface area is 218 Å². The number of nitrogens with one attached hydrogen (secondary N) is 2. The topological polar surface area (TPSA) is 110 Å². The predicted octanol–water partition coefficient (Wildman–Crippen LogP) is 4.41. The Bertz CT molecular complexity index is 1340. The van der Waals surface area contributed by atoms with E-state index in [-0.39, 0.29) is 5.91 Å². The van der Waals surface area contributed by atoms with Crippen LogP contribution in [0.15, 0.2) is 36.9 Å². The van der Waals surface area contributed by atoms with Gasteiger partial charge >= 0.3 is 0 Å². The molecule has 0 spiro atoms. The number of fused-ring (bicyclic) bond motifs is 2. The monoisotopic (exact) mass is 506 g/mol. The molecule has 2 N–H and O–H groups in total. The van der Waals surface area contributed by atoms with E-state index >= 15 is 0 Å². The first-order chi connectivity index (χ1) is 17.9. The zero-order chi connectivity index (χ0) is 27.1. The number of hydrogen-bond acceptors (Lipinski definition) is 8. The summed E-state index contributed by atoms with van der Waals surface area (Å²) in [5.41, 5.74) is 2.84. The number of aryl methyl sites for hydroxylation is 1. The second-order valence-electron chi connectivity index (χ2n) is 8.50. The molecule has 4 aromatic rings. The molecule has 1 aliphatic heterocycles. The zero-order valence-corrected chi connectivity index (χ0v) is 23.0. The van der Waals surface area contributed by atoms with Crippen LogP contribution < -0.4 is 20.3 Å². The number of carbonyl (C=O) groups is 1. The zero-order valence-electron chi connectivity index (χ0n) is 23.0. The summed E-state index contributed by atoms with van der Waals surface area (Å²) in [6.07, 6.45) is 6.68. The summed E-state index contributed by atoms with van der Waals surface area (Å²) in [5, 5.41) is 11.8. The van der Waals surface area contributed by atoms with Crippen molar-refractivity contribution in [3.63, 3.8) is 0 Å². The van der Waals surface area contributed by atoms with E-state index in [4.69, 9.17) is 4.74 Å². The normalized spacial score (nSPS) is 16.9. The molecular weight excluding hydrogens is 468 g/mol. The van der Waals surface area contributed by atoms with E-state index in [0.29, 0.717) is 40.1 Å². The number of anilines is 2. The van der Waals surface area contributed by atoms with Gasteiger partial charge in [0.25, 0.3) is 5.91 Å². The fraction of sp³-hybridized carbons (Fsp3) is 0.444. The van der Waals surface area contributed by atoms with Crippen molar-refractivity contribution in [3.8, 4) is 5.75 Å². The summed E-state index contributed by atoms with van der Waals surface area (Å²) in [4.78, 5) is 29.1. The molecule has 1 aliphatic rings. The lowest BCUT2D eigenvalue weighted by Gasteiger charge is -2.37. The fourth-order valence-electron chi connectivity index (χ4n) is 4.49. The van der Waals surface area contributed by atoms with Gasteiger partial charge in [-0.05, 0) is 19.9 Å². The van der Waals surface area contributed by atoms with Crippen molar-refractivity contribution in [3.05, 3.63) is 42.5 Å². The van der Waals surface area contributed by atoms with Crippen molar-refractivity contribution in [2.45, 2.75) is 53.6 Å². The van der Waals surface area contributed by atoms with Crippen molar-refractivity contribution in [1.82, 2.24) is 30.0 Å². The average molecular weight is 507 g/mol. The summed E-state index contributed by atoms with van der Waals surface area (Å²) >= 11 is 0. The molecule has 5 rings (SSSR count). The van der Waals surface area contributed by atoms with Crippen LogP contribution in [0.4, 0.5) is 11.5 Å². The SMILES string of the molecule is CC.CC.COc1cc(NC(=O)c2cnc(N3CC(C)NC(C)C3)c3nccnc23)cc2cn(C)nc12. The van der Waals surface area contributed by atoms with E-state index in [2.05, 4.69) is 49.4 Å². The van der Waals surface area contributed by atoms with Gasteiger partial charge in [-0.2, -0.15) is 5.10 Å². The van der Waals surface area contributed by atoms with Gasteiger partial charge in [-0.3, -0.25) is 14.5 Å². The Morgan fingerprint density at radius 3 is 2.30 bits per heavy atom. The first-order valence-corrected chi connectivity index (χ1v) is 12.9. The standard InChI is InChI=1S/C23H26N8O2.2C2H6/c1-13-10-31(11-14(2)27-13)22-21-20(24-5-6-25-21)17(9-26-22)23(32)28-16-7-15-12-30(3)29-19(15)18(8-16)33-4;2*1-2/h5-9,12-14,27H,10-11H2,1-4H3,(H,28,32);2*1-2H3. The van der Waals surface area contributed by atoms with Gasteiger partial charge in [-0.25, -0.2) is 9.97 Å². The molecule has 2 atom stereocenters. The van der Waals surface area contributed by atoms with Crippen LogP contribution in [-0.4, -0.2) is 62.9 Å². The number of aromatic nitrogens is 5. The quantitative estimate of drug-likeness (QED) is 0.419. The molecule has 3 aromatic heterocycles. The van der Waals surface area contributed by atoms with Gasteiger partial charge in [0.2, 0.25) is 0 Å². The van der Waals surface area contributed by atoms with E-state index in [1.54, 1.807) is 36.4 Å². The van der Waals surface area contributed by atoms with Gasteiger partial charge in [0.15, 0.2) is 5.82 Å². The van der Waals surface area contributed by atoms with Crippen molar-refractivity contribution in [2.24, 2.45) is 7.05 Å². The summed E-state index contributed by atoms with van der Waals surface area (Å²) in [7, 11) is 3.42. The molecule has 37 heavy (non-hydrogen) atoms. The molecule has 1 amide bonds. The molecule has 0 saturated carbocycles. The van der Waals surface area contributed by atoms with Crippen molar-refractivity contribution < 1.29 is 9.53 Å². The highest BCUT2D eigenvalue weighted by Gasteiger charge is 2.25.